The second kappa shape index (κ2) is 5.67. The van der Waals surface area contributed by atoms with Crippen molar-refractivity contribution in [2.75, 3.05) is 7.11 Å². The van der Waals surface area contributed by atoms with Crippen LogP contribution in [0.2, 0.25) is 5.02 Å². The molecule has 1 saturated heterocycles. The molecule has 0 radical (unpaired) electrons. The average molecular weight is 314 g/mol. The first-order valence-electron chi connectivity index (χ1n) is 7.12. The Kier molecular flexibility index (Phi) is 4.43. The summed E-state index contributed by atoms with van der Waals surface area (Å²) in [5, 5.41) is 0.510. The van der Waals surface area contributed by atoms with Crippen molar-refractivity contribution in [1.29, 1.82) is 0 Å². The molecule has 2 rings (SSSR count). The van der Waals surface area contributed by atoms with Crippen molar-refractivity contribution in [2.24, 2.45) is 5.73 Å². The lowest BCUT2D eigenvalue weighted by molar-refractivity contribution is -0.0847. The minimum Gasteiger partial charge on any atom is -0.493 e. The Labute approximate surface area is 131 Å². The van der Waals surface area contributed by atoms with Gasteiger partial charge in [-0.25, -0.2) is 0 Å². The number of methoxy groups -OCH3 is 1. The topological polar surface area (TPSA) is 53.7 Å². The van der Waals surface area contributed by atoms with Gasteiger partial charge >= 0.3 is 0 Å². The molecule has 0 spiro atoms. The Hall–Kier alpha value is -0.970. The molecule has 118 valence electrons. The van der Waals surface area contributed by atoms with Crippen LogP contribution < -0.4 is 15.2 Å². The number of hydrogen-bond donors (Lipinski definition) is 1. The third-order valence-corrected chi connectivity index (χ3v) is 4.06. The van der Waals surface area contributed by atoms with E-state index in [0.29, 0.717) is 23.1 Å². The predicted molar refractivity (Wildman–Crippen MR) is 84.2 cm³/mol. The molecule has 1 unspecified atom stereocenters. The zero-order chi connectivity index (χ0) is 15.8. The summed E-state index contributed by atoms with van der Waals surface area (Å²) < 4.78 is 17.6. The summed E-state index contributed by atoms with van der Waals surface area (Å²) in [6, 6.07) is 3.67. The Morgan fingerprint density at radius 1 is 1.33 bits per heavy atom. The van der Waals surface area contributed by atoms with E-state index in [-0.39, 0.29) is 17.3 Å². The van der Waals surface area contributed by atoms with Gasteiger partial charge in [-0.3, -0.25) is 0 Å². The highest BCUT2D eigenvalue weighted by atomic mass is 35.5. The van der Waals surface area contributed by atoms with Gasteiger partial charge in [-0.2, -0.15) is 0 Å². The van der Waals surface area contributed by atoms with Gasteiger partial charge in [0.1, 0.15) is 11.7 Å². The van der Waals surface area contributed by atoms with Crippen molar-refractivity contribution in [2.45, 2.75) is 58.0 Å². The lowest BCUT2D eigenvalue weighted by Gasteiger charge is -2.28. The molecule has 1 aliphatic heterocycles. The Morgan fingerprint density at radius 2 is 2.00 bits per heavy atom. The van der Waals surface area contributed by atoms with E-state index in [2.05, 4.69) is 13.8 Å². The summed E-state index contributed by atoms with van der Waals surface area (Å²) in [7, 11) is 1.60. The van der Waals surface area contributed by atoms with Crippen LogP contribution >= 0.6 is 11.6 Å². The van der Waals surface area contributed by atoms with Gasteiger partial charge in [0.2, 0.25) is 0 Å². The van der Waals surface area contributed by atoms with Crippen molar-refractivity contribution in [1.82, 2.24) is 0 Å². The highest BCUT2D eigenvalue weighted by Gasteiger charge is 2.47. The van der Waals surface area contributed by atoms with E-state index in [1.54, 1.807) is 7.11 Å². The normalized spacial score (nSPS) is 23.1. The molecule has 4 nitrogen and oxygen atoms in total. The third kappa shape index (κ3) is 3.44. The first-order chi connectivity index (χ1) is 9.68. The first kappa shape index (κ1) is 16.4. The number of hydrogen-bond acceptors (Lipinski definition) is 4. The zero-order valence-electron chi connectivity index (χ0n) is 13.3. The fourth-order valence-corrected chi connectivity index (χ4v) is 3.12. The van der Waals surface area contributed by atoms with Crippen molar-refractivity contribution < 1.29 is 14.2 Å². The van der Waals surface area contributed by atoms with Crippen LogP contribution in [0, 0.1) is 0 Å². The lowest BCUT2D eigenvalue weighted by Crippen LogP contribution is -2.36. The molecule has 1 fully saturated rings. The van der Waals surface area contributed by atoms with Crippen LogP contribution in [0.5, 0.6) is 11.5 Å². The molecule has 2 N–H and O–H groups in total. The summed E-state index contributed by atoms with van der Waals surface area (Å²) >= 11 is 6.33. The fourth-order valence-electron chi connectivity index (χ4n) is 2.84. The number of halogens is 1. The number of benzene rings is 1. The molecule has 1 atom stereocenters. The molecule has 0 amide bonds. The molecule has 0 aromatic heterocycles. The van der Waals surface area contributed by atoms with E-state index in [1.165, 1.54) is 0 Å². The molecule has 1 heterocycles. The molecular weight excluding hydrogens is 290 g/mol. The second-order valence-corrected chi connectivity index (χ2v) is 7.00. The highest BCUT2D eigenvalue weighted by molar-refractivity contribution is 6.32. The molecule has 1 aliphatic rings. The van der Waals surface area contributed by atoms with Gasteiger partial charge in [-0.1, -0.05) is 11.6 Å². The summed E-state index contributed by atoms with van der Waals surface area (Å²) in [5.41, 5.74) is 5.97. The number of ether oxygens (including phenoxy) is 3. The third-order valence-electron chi connectivity index (χ3n) is 3.78. The van der Waals surface area contributed by atoms with E-state index in [0.717, 1.165) is 12.0 Å². The standard InChI is InChI=1S/C16H24ClNO3/c1-15(2)8-13(16(3,4)21-15)20-14-11(17)6-10(9-18)7-12(14)19-5/h6-7,13H,8-9,18H2,1-5H3. The number of rotatable bonds is 4. The van der Waals surface area contributed by atoms with Crippen LogP contribution in [0.3, 0.4) is 0 Å². The van der Waals surface area contributed by atoms with Gasteiger partial charge in [0.15, 0.2) is 11.5 Å². The Balaban J connectivity index is 2.31. The molecule has 0 aliphatic carbocycles. The first-order valence-corrected chi connectivity index (χ1v) is 7.49. The molecule has 21 heavy (non-hydrogen) atoms. The maximum Gasteiger partial charge on any atom is 0.180 e. The van der Waals surface area contributed by atoms with Crippen LogP contribution in [0.4, 0.5) is 0 Å². The molecule has 5 heteroatoms. The largest absolute Gasteiger partial charge is 0.493 e. The monoisotopic (exact) mass is 313 g/mol. The quantitative estimate of drug-likeness (QED) is 0.924. The van der Waals surface area contributed by atoms with Crippen LogP contribution in [0.25, 0.3) is 0 Å². The van der Waals surface area contributed by atoms with Crippen molar-refractivity contribution in [3.8, 4) is 11.5 Å². The van der Waals surface area contributed by atoms with Crippen LogP contribution in [0.1, 0.15) is 39.7 Å². The van der Waals surface area contributed by atoms with Crippen molar-refractivity contribution in [3.63, 3.8) is 0 Å². The maximum atomic E-state index is 6.33. The second-order valence-electron chi connectivity index (χ2n) is 6.59. The summed E-state index contributed by atoms with van der Waals surface area (Å²) in [5.74, 6) is 1.15. The highest BCUT2D eigenvalue weighted by Crippen LogP contribution is 2.43. The SMILES string of the molecule is COc1cc(CN)cc(Cl)c1OC1CC(C)(C)OC1(C)C. The summed E-state index contributed by atoms with van der Waals surface area (Å²) in [6.45, 7) is 8.59. The summed E-state index contributed by atoms with van der Waals surface area (Å²) in [6.07, 6.45) is 0.695. The van der Waals surface area contributed by atoms with Gasteiger partial charge in [0.25, 0.3) is 0 Å². The van der Waals surface area contributed by atoms with Gasteiger partial charge < -0.3 is 19.9 Å². The average Bonchev–Trinajstić information content (AvgIpc) is 2.59. The zero-order valence-corrected chi connectivity index (χ0v) is 14.1. The van der Waals surface area contributed by atoms with Gasteiger partial charge in [0, 0.05) is 13.0 Å². The van der Waals surface area contributed by atoms with Crippen LogP contribution in [0.15, 0.2) is 12.1 Å². The van der Waals surface area contributed by atoms with Crippen LogP contribution in [-0.2, 0) is 11.3 Å². The van der Waals surface area contributed by atoms with E-state index < -0.39 is 0 Å². The summed E-state index contributed by atoms with van der Waals surface area (Å²) in [4.78, 5) is 0. The molecule has 0 saturated carbocycles. The van der Waals surface area contributed by atoms with E-state index >= 15 is 0 Å². The predicted octanol–water partition coefficient (Wildman–Crippen LogP) is 3.53. The smallest absolute Gasteiger partial charge is 0.180 e. The van der Waals surface area contributed by atoms with Crippen LogP contribution in [-0.4, -0.2) is 24.4 Å². The van der Waals surface area contributed by atoms with E-state index in [9.17, 15) is 0 Å². The Bertz CT molecular complexity index is 528. The van der Waals surface area contributed by atoms with Crippen molar-refractivity contribution >= 4 is 11.6 Å². The van der Waals surface area contributed by atoms with E-state index in [4.69, 9.17) is 31.5 Å². The Morgan fingerprint density at radius 3 is 2.48 bits per heavy atom. The number of nitrogens with two attached hydrogens (primary N) is 1. The fraction of sp³-hybridized carbons (Fsp3) is 0.625. The van der Waals surface area contributed by atoms with Gasteiger partial charge in [-0.05, 0) is 45.4 Å². The molecule has 0 bridgehead atoms. The molecular formula is C16H24ClNO3. The maximum absolute atomic E-state index is 6.33. The molecule has 1 aromatic rings. The molecule has 1 aromatic carbocycles. The minimum absolute atomic E-state index is 0.0948. The van der Waals surface area contributed by atoms with Gasteiger partial charge in [-0.15, -0.1) is 0 Å². The van der Waals surface area contributed by atoms with E-state index in [1.807, 2.05) is 26.0 Å². The van der Waals surface area contributed by atoms with Crippen molar-refractivity contribution in [3.05, 3.63) is 22.7 Å². The minimum atomic E-state index is -0.385. The lowest BCUT2D eigenvalue weighted by atomic mass is 9.97. The van der Waals surface area contributed by atoms with Gasteiger partial charge in [0.05, 0.1) is 17.7 Å².